The molecule has 0 aliphatic heterocycles. The molecule has 0 saturated heterocycles. The molecular weight excluding hydrogens is 360 g/mol. The van der Waals surface area contributed by atoms with Crippen molar-refractivity contribution >= 4 is 39.0 Å². The van der Waals surface area contributed by atoms with Gasteiger partial charge in [0.1, 0.15) is 16.5 Å². The Morgan fingerprint density at radius 2 is 2.24 bits per heavy atom. The van der Waals surface area contributed by atoms with Crippen LogP contribution in [0.3, 0.4) is 0 Å². The lowest BCUT2D eigenvalue weighted by Crippen LogP contribution is -2.19. The Morgan fingerprint density at radius 1 is 1.40 bits per heavy atom. The lowest BCUT2D eigenvalue weighted by atomic mass is 10.3. The molecule has 0 aliphatic carbocycles. The van der Waals surface area contributed by atoms with Crippen LogP contribution in [0.15, 0.2) is 38.5 Å². The molecular formula is C15H10N6O2S2. The highest BCUT2D eigenvalue weighted by Gasteiger charge is 2.12. The molecule has 0 unspecified atom stereocenters. The molecule has 4 heterocycles. The largest absolute Gasteiger partial charge is 0.295 e. The molecule has 1 N–H and O–H groups in total. The number of thiophene rings is 1. The van der Waals surface area contributed by atoms with Gasteiger partial charge >= 0.3 is 0 Å². The number of aromatic amines is 1. The fourth-order valence-corrected chi connectivity index (χ4v) is 4.10. The number of nitriles is 1. The maximum atomic E-state index is 12.3. The van der Waals surface area contributed by atoms with Crippen LogP contribution in [0.1, 0.15) is 11.3 Å². The van der Waals surface area contributed by atoms with Crippen molar-refractivity contribution in [2.45, 2.75) is 10.9 Å². The number of nitrogens with zero attached hydrogens (tertiary/aromatic N) is 5. The van der Waals surface area contributed by atoms with Crippen molar-refractivity contribution in [3.05, 3.63) is 55.7 Å². The third kappa shape index (κ3) is 2.54. The normalized spacial score (nSPS) is 11.2. The fourth-order valence-electron chi connectivity index (χ4n) is 2.43. The number of aromatic nitrogens is 5. The van der Waals surface area contributed by atoms with E-state index < -0.39 is 0 Å². The minimum Gasteiger partial charge on any atom is -0.295 e. The summed E-state index contributed by atoms with van der Waals surface area (Å²) in [6, 6.07) is 5.16. The Morgan fingerprint density at radius 3 is 3.04 bits per heavy atom. The van der Waals surface area contributed by atoms with Crippen molar-refractivity contribution in [2.24, 2.45) is 7.05 Å². The summed E-state index contributed by atoms with van der Waals surface area (Å²) in [5, 5.41) is 14.8. The van der Waals surface area contributed by atoms with Crippen LogP contribution < -0.4 is 11.1 Å². The monoisotopic (exact) mass is 370 g/mol. The lowest BCUT2D eigenvalue weighted by molar-refractivity contribution is 0.727. The van der Waals surface area contributed by atoms with E-state index in [9.17, 15) is 9.59 Å². The average molecular weight is 370 g/mol. The topological polar surface area (TPSA) is 109 Å². The van der Waals surface area contributed by atoms with Gasteiger partial charge in [-0.3, -0.25) is 19.3 Å². The van der Waals surface area contributed by atoms with Gasteiger partial charge in [0, 0.05) is 25.1 Å². The van der Waals surface area contributed by atoms with E-state index in [0.717, 1.165) is 0 Å². The highest BCUT2D eigenvalue weighted by atomic mass is 32.2. The Bertz CT molecular complexity index is 1270. The van der Waals surface area contributed by atoms with Gasteiger partial charge in [-0.2, -0.15) is 5.26 Å². The molecule has 25 heavy (non-hydrogen) atoms. The van der Waals surface area contributed by atoms with Crippen LogP contribution in [-0.2, 0) is 12.8 Å². The van der Waals surface area contributed by atoms with Crippen molar-refractivity contribution < 1.29 is 0 Å². The number of thioether (sulfide) groups is 1. The minimum atomic E-state index is -0.294. The Hall–Kier alpha value is -2.90. The second-order valence-electron chi connectivity index (χ2n) is 5.23. The third-order valence-corrected chi connectivity index (χ3v) is 5.55. The van der Waals surface area contributed by atoms with Gasteiger partial charge in [0.15, 0.2) is 10.8 Å². The van der Waals surface area contributed by atoms with Crippen molar-refractivity contribution in [2.75, 3.05) is 0 Å². The van der Waals surface area contributed by atoms with Gasteiger partial charge < -0.3 is 0 Å². The van der Waals surface area contributed by atoms with Crippen LogP contribution in [0.25, 0.3) is 15.9 Å². The van der Waals surface area contributed by atoms with Crippen molar-refractivity contribution in [3.63, 3.8) is 0 Å². The maximum absolute atomic E-state index is 12.3. The number of nitrogens with one attached hydrogen (secondary N) is 1. The zero-order valence-electron chi connectivity index (χ0n) is 12.9. The van der Waals surface area contributed by atoms with Gasteiger partial charge in [-0.05, 0) is 11.4 Å². The summed E-state index contributed by atoms with van der Waals surface area (Å²) < 4.78 is 2.71. The van der Waals surface area contributed by atoms with E-state index in [4.69, 9.17) is 5.26 Å². The summed E-state index contributed by atoms with van der Waals surface area (Å²) in [4.78, 5) is 34.0. The highest BCUT2D eigenvalue weighted by molar-refractivity contribution is 7.98. The minimum absolute atomic E-state index is 0.102. The summed E-state index contributed by atoms with van der Waals surface area (Å²) in [5.41, 5.74) is 0.717. The number of hydrogen-bond donors (Lipinski definition) is 1. The zero-order chi connectivity index (χ0) is 17.6. The maximum Gasteiger partial charge on any atom is 0.272 e. The predicted molar refractivity (Wildman–Crippen MR) is 94.9 cm³/mol. The van der Waals surface area contributed by atoms with Gasteiger partial charge in [-0.25, -0.2) is 14.5 Å². The highest BCUT2D eigenvalue weighted by Crippen LogP contribution is 2.23. The quantitative estimate of drug-likeness (QED) is 0.432. The van der Waals surface area contributed by atoms with E-state index in [1.165, 1.54) is 44.4 Å². The number of fused-ring (bicyclic) bond motifs is 2. The average Bonchev–Trinajstić information content (AvgIpc) is 3.23. The number of H-pyrrole nitrogens is 1. The Balaban J connectivity index is 1.71. The van der Waals surface area contributed by atoms with Gasteiger partial charge in [0.05, 0.1) is 11.1 Å². The van der Waals surface area contributed by atoms with Crippen molar-refractivity contribution in [3.8, 4) is 6.07 Å². The van der Waals surface area contributed by atoms with Crippen LogP contribution in [0.5, 0.6) is 0 Å². The fraction of sp³-hybridized carbons (Fsp3) is 0.133. The smallest absolute Gasteiger partial charge is 0.272 e. The van der Waals surface area contributed by atoms with Crippen LogP contribution >= 0.6 is 23.1 Å². The van der Waals surface area contributed by atoms with Gasteiger partial charge in [0.2, 0.25) is 0 Å². The lowest BCUT2D eigenvalue weighted by Gasteiger charge is -2.06. The van der Waals surface area contributed by atoms with Crippen LogP contribution in [0.4, 0.5) is 0 Å². The van der Waals surface area contributed by atoms with E-state index in [-0.39, 0.29) is 11.1 Å². The molecule has 0 fully saturated rings. The molecule has 4 rings (SSSR count). The molecule has 4 aromatic heterocycles. The Kier molecular flexibility index (Phi) is 3.67. The molecule has 124 valence electrons. The van der Waals surface area contributed by atoms with E-state index in [2.05, 4.69) is 15.1 Å². The summed E-state index contributed by atoms with van der Waals surface area (Å²) in [7, 11) is 1.67. The van der Waals surface area contributed by atoms with Gasteiger partial charge in [0.25, 0.3) is 11.1 Å². The molecule has 0 atom stereocenters. The van der Waals surface area contributed by atoms with Crippen molar-refractivity contribution in [1.29, 1.82) is 5.26 Å². The molecule has 0 spiro atoms. The molecule has 0 aromatic carbocycles. The summed E-state index contributed by atoms with van der Waals surface area (Å²) in [6.45, 7) is 0. The SMILES string of the molecule is Cn1c(SCc2cc(=O)n3[nH]cc(C#N)c3n2)nc2sccc2c1=O. The van der Waals surface area contributed by atoms with E-state index in [0.29, 0.717) is 38.0 Å². The molecule has 8 nitrogen and oxygen atoms in total. The van der Waals surface area contributed by atoms with Crippen molar-refractivity contribution in [1.82, 2.24) is 24.1 Å². The molecule has 0 aliphatic rings. The second-order valence-corrected chi connectivity index (χ2v) is 7.07. The molecule has 0 bridgehead atoms. The summed E-state index contributed by atoms with van der Waals surface area (Å²) in [5.74, 6) is 0.360. The van der Waals surface area contributed by atoms with E-state index in [1.807, 2.05) is 11.4 Å². The standard InChI is InChI=1S/C15H10N6O2S2/c1-20-14(23)10-2-3-24-13(10)19-15(20)25-7-9-4-11(22)21-12(18-9)8(5-16)6-17-21/h2-4,6,17H,7H2,1H3. The first kappa shape index (κ1) is 15.6. The van der Waals surface area contributed by atoms with Crippen LogP contribution in [0, 0.1) is 11.3 Å². The van der Waals surface area contributed by atoms with Crippen LogP contribution in [0.2, 0.25) is 0 Å². The number of rotatable bonds is 3. The third-order valence-electron chi connectivity index (χ3n) is 3.68. The molecule has 4 aromatic rings. The molecule has 0 amide bonds. The van der Waals surface area contributed by atoms with Crippen LogP contribution in [-0.4, -0.2) is 24.1 Å². The Labute approximate surface area is 148 Å². The second kappa shape index (κ2) is 5.87. The first-order valence-corrected chi connectivity index (χ1v) is 9.02. The van der Waals surface area contributed by atoms with E-state index >= 15 is 0 Å². The first-order valence-electron chi connectivity index (χ1n) is 7.15. The summed E-state index contributed by atoms with van der Waals surface area (Å²) >= 11 is 2.73. The van der Waals surface area contributed by atoms with Gasteiger partial charge in [-0.15, -0.1) is 11.3 Å². The first-order chi connectivity index (χ1) is 12.1. The van der Waals surface area contributed by atoms with Gasteiger partial charge in [-0.1, -0.05) is 11.8 Å². The van der Waals surface area contributed by atoms with E-state index in [1.54, 1.807) is 13.1 Å². The number of hydrogen-bond acceptors (Lipinski definition) is 7. The molecule has 0 radical (unpaired) electrons. The molecule has 0 saturated carbocycles. The zero-order valence-corrected chi connectivity index (χ0v) is 14.5. The molecule has 10 heteroatoms. The summed E-state index contributed by atoms with van der Waals surface area (Å²) in [6.07, 6.45) is 1.44. The predicted octanol–water partition coefficient (Wildman–Crippen LogP) is 1.49.